The van der Waals surface area contributed by atoms with Crippen LogP contribution in [0.3, 0.4) is 0 Å². The van der Waals surface area contributed by atoms with E-state index in [1.807, 2.05) is 0 Å². The van der Waals surface area contributed by atoms with Crippen LogP contribution in [0.1, 0.15) is 17.3 Å². The summed E-state index contributed by atoms with van der Waals surface area (Å²) in [5, 5.41) is 9.00. The van der Waals surface area contributed by atoms with Crippen molar-refractivity contribution < 1.29 is 24.2 Å². The summed E-state index contributed by atoms with van der Waals surface area (Å²) < 4.78 is 10.2. The number of carboxylic acid groups (broad SMARTS) is 1. The number of pyridine rings is 1. The van der Waals surface area contributed by atoms with Crippen LogP contribution in [-0.4, -0.2) is 59.3 Å². The SMILES string of the molecule is COc1ccc(C(=O)N2CC(C(=O)O)O[C@H](C)C2)cn1. The van der Waals surface area contributed by atoms with Crippen molar-refractivity contribution in [1.82, 2.24) is 9.88 Å². The lowest BCUT2D eigenvalue weighted by Crippen LogP contribution is -2.51. The highest BCUT2D eigenvalue weighted by atomic mass is 16.5. The summed E-state index contributed by atoms with van der Waals surface area (Å²) in [5.41, 5.74) is 0.393. The van der Waals surface area contributed by atoms with Gasteiger partial charge in [0.2, 0.25) is 5.88 Å². The molecule has 0 bridgehead atoms. The van der Waals surface area contributed by atoms with Gasteiger partial charge in [-0.1, -0.05) is 0 Å². The van der Waals surface area contributed by atoms with Crippen LogP contribution in [0.2, 0.25) is 0 Å². The lowest BCUT2D eigenvalue weighted by Gasteiger charge is -2.34. The van der Waals surface area contributed by atoms with Gasteiger partial charge in [0, 0.05) is 18.8 Å². The maximum absolute atomic E-state index is 12.3. The Hall–Kier alpha value is -2.15. The van der Waals surface area contributed by atoms with Gasteiger partial charge in [0.25, 0.3) is 5.91 Å². The van der Waals surface area contributed by atoms with E-state index in [0.717, 1.165) is 0 Å². The highest BCUT2D eigenvalue weighted by molar-refractivity contribution is 5.94. The Balaban J connectivity index is 2.12. The van der Waals surface area contributed by atoms with Crippen LogP contribution in [0, 0.1) is 0 Å². The number of hydrogen-bond donors (Lipinski definition) is 1. The summed E-state index contributed by atoms with van der Waals surface area (Å²) in [5.74, 6) is -0.913. The van der Waals surface area contributed by atoms with Crippen molar-refractivity contribution >= 4 is 11.9 Å². The topological polar surface area (TPSA) is 89.0 Å². The second kappa shape index (κ2) is 5.87. The molecule has 0 saturated carbocycles. The normalized spacial score (nSPS) is 22.4. The average Bonchev–Trinajstić information content (AvgIpc) is 2.46. The number of aliphatic carboxylic acids is 1. The first-order valence-corrected chi connectivity index (χ1v) is 6.19. The molecule has 1 N–H and O–H groups in total. The Morgan fingerprint density at radius 1 is 1.45 bits per heavy atom. The molecule has 1 aliphatic rings. The Bertz CT molecular complexity index is 502. The molecular formula is C13H16N2O5. The van der Waals surface area contributed by atoms with Gasteiger partial charge in [0.05, 0.1) is 25.3 Å². The molecule has 0 aromatic carbocycles. The number of carboxylic acids is 1. The summed E-state index contributed by atoms with van der Waals surface area (Å²) in [6.07, 6.45) is 0.103. The van der Waals surface area contributed by atoms with Crippen molar-refractivity contribution in [1.29, 1.82) is 0 Å². The van der Waals surface area contributed by atoms with Crippen molar-refractivity contribution in [3.05, 3.63) is 23.9 Å². The molecule has 1 aromatic rings. The van der Waals surface area contributed by atoms with Gasteiger partial charge in [0.15, 0.2) is 6.10 Å². The van der Waals surface area contributed by atoms with Crippen LogP contribution < -0.4 is 4.74 Å². The number of methoxy groups -OCH3 is 1. The van der Waals surface area contributed by atoms with Crippen molar-refractivity contribution in [2.45, 2.75) is 19.1 Å². The fourth-order valence-corrected chi connectivity index (χ4v) is 2.06. The highest BCUT2D eigenvalue weighted by Crippen LogP contribution is 2.15. The van der Waals surface area contributed by atoms with E-state index < -0.39 is 12.1 Å². The summed E-state index contributed by atoms with van der Waals surface area (Å²) in [4.78, 5) is 28.7. The van der Waals surface area contributed by atoms with Crippen LogP contribution >= 0.6 is 0 Å². The maximum Gasteiger partial charge on any atom is 0.334 e. The van der Waals surface area contributed by atoms with Crippen molar-refractivity contribution in [3.8, 4) is 5.88 Å². The first-order valence-electron chi connectivity index (χ1n) is 6.19. The first kappa shape index (κ1) is 14.3. The molecule has 1 aromatic heterocycles. The average molecular weight is 280 g/mol. The predicted molar refractivity (Wildman–Crippen MR) is 68.7 cm³/mol. The molecule has 1 fully saturated rings. The van der Waals surface area contributed by atoms with E-state index in [9.17, 15) is 9.59 Å². The highest BCUT2D eigenvalue weighted by Gasteiger charge is 2.33. The number of amides is 1. The molecular weight excluding hydrogens is 264 g/mol. The van der Waals surface area contributed by atoms with E-state index in [1.165, 1.54) is 18.2 Å². The number of carbonyl (C=O) groups excluding carboxylic acids is 1. The number of aromatic nitrogens is 1. The van der Waals surface area contributed by atoms with Crippen LogP contribution in [0.25, 0.3) is 0 Å². The predicted octanol–water partition coefficient (Wildman–Crippen LogP) is 0.404. The Kier molecular flexibility index (Phi) is 4.19. The molecule has 2 rings (SSSR count). The van der Waals surface area contributed by atoms with Gasteiger partial charge in [-0.15, -0.1) is 0 Å². The molecule has 2 heterocycles. The minimum absolute atomic E-state index is 0.0323. The van der Waals surface area contributed by atoms with Gasteiger partial charge in [-0.3, -0.25) is 4.79 Å². The van der Waals surface area contributed by atoms with E-state index in [-0.39, 0.29) is 18.6 Å². The van der Waals surface area contributed by atoms with Crippen LogP contribution in [-0.2, 0) is 9.53 Å². The zero-order chi connectivity index (χ0) is 14.7. The molecule has 1 aliphatic heterocycles. The van der Waals surface area contributed by atoms with Crippen LogP contribution in [0.5, 0.6) is 5.88 Å². The summed E-state index contributed by atoms with van der Waals surface area (Å²) in [6.45, 7) is 2.13. The smallest absolute Gasteiger partial charge is 0.334 e. The first-order chi connectivity index (χ1) is 9.51. The third-order valence-electron chi connectivity index (χ3n) is 3.02. The minimum atomic E-state index is -1.07. The van der Waals surface area contributed by atoms with Gasteiger partial charge < -0.3 is 19.5 Å². The standard InChI is InChI=1S/C13H16N2O5/c1-8-6-15(7-10(20-8)13(17)18)12(16)9-3-4-11(19-2)14-5-9/h3-5,8,10H,6-7H2,1-2H3,(H,17,18)/t8-,10?/m1/s1. The quantitative estimate of drug-likeness (QED) is 0.862. The molecule has 7 heteroatoms. The van der Waals surface area contributed by atoms with Gasteiger partial charge >= 0.3 is 5.97 Å². The molecule has 7 nitrogen and oxygen atoms in total. The largest absolute Gasteiger partial charge is 0.481 e. The number of carbonyl (C=O) groups is 2. The molecule has 20 heavy (non-hydrogen) atoms. The van der Waals surface area contributed by atoms with E-state index >= 15 is 0 Å². The van der Waals surface area contributed by atoms with Crippen molar-refractivity contribution in [2.24, 2.45) is 0 Å². The summed E-state index contributed by atoms with van der Waals surface area (Å²) in [7, 11) is 1.49. The lowest BCUT2D eigenvalue weighted by atomic mass is 10.1. The molecule has 108 valence electrons. The van der Waals surface area contributed by atoms with E-state index in [1.54, 1.807) is 19.1 Å². The van der Waals surface area contributed by atoms with E-state index in [2.05, 4.69) is 4.98 Å². The molecule has 2 atom stereocenters. The molecule has 0 radical (unpaired) electrons. The van der Waals surface area contributed by atoms with Crippen LogP contribution in [0.4, 0.5) is 0 Å². The Morgan fingerprint density at radius 3 is 2.75 bits per heavy atom. The number of nitrogens with zero attached hydrogens (tertiary/aromatic N) is 2. The molecule has 0 aliphatic carbocycles. The monoisotopic (exact) mass is 280 g/mol. The fourth-order valence-electron chi connectivity index (χ4n) is 2.06. The van der Waals surface area contributed by atoms with Crippen LogP contribution in [0.15, 0.2) is 18.3 Å². The Labute approximate surface area is 116 Å². The third kappa shape index (κ3) is 3.05. The zero-order valence-corrected chi connectivity index (χ0v) is 11.3. The summed E-state index contributed by atoms with van der Waals surface area (Å²) >= 11 is 0. The maximum atomic E-state index is 12.3. The number of ether oxygens (including phenoxy) is 2. The van der Waals surface area contributed by atoms with E-state index in [4.69, 9.17) is 14.6 Å². The lowest BCUT2D eigenvalue weighted by molar-refractivity contribution is -0.160. The van der Waals surface area contributed by atoms with Gasteiger partial charge in [-0.05, 0) is 13.0 Å². The second-order valence-electron chi connectivity index (χ2n) is 4.57. The van der Waals surface area contributed by atoms with Crippen molar-refractivity contribution in [2.75, 3.05) is 20.2 Å². The molecule has 1 amide bonds. The van der Waals surface area contributed by atoms with Gasteiger partial charge in [0.1, 0.15) is 0 Å². The second-order valence-corrected chi connectivity index (χ2v) is 4.57. The number of hydrogen-bond acceptors (Lipinski definition) is 5. The fraction of sp³-hybridized carbons (Fsp3) is 0.462. The number of rotatable bonds is 3. The molecule has 1 saturated heterocycles. The van der Waals surface area contributed by atoms with Gasteiger partial charge in [-0.2, -0.15) is 0 Å². The molecule has 0 spiro atoms. The summed E-state index contributed by atoms with van der Waals surface area (Å²) in [6, 6.07) is 3.19. The van der Waals surface area contributed by atoms with Crippen molar-refractivity contribution in [3.63, 3.8) is 0 Å². The van der Waals surface area contributed by atoms with E-state index in [0.29, 0.717) is 18.0 Å². The minimum Gasteiger partial charge on any atom is -0.481 e. The van der Waals surface area contributed by atoms with Gasteiger partial charge in [-0.25, -0.2) is 9.78 Å². The third-order valence-corrected chi connectivity index (χ3v) is 3.02. The molecule has 1 unspecified atom stereocenters. The zero-order valence-electron chi connectivity index (χ0n) is 11.3. The number of morpholine rings is 1. The Morgan fingerprint density at radius 2 is 2.20 bits per heavy atom.